The molecule has 1 aliphatic heterocycles. The number of ether oxygens (including phenoxy) is 1. The summed E-state index contributed by atoms with van der Waals surface area (Å²) in [6.45, 7) is 1.74. The highest BCUT2D eigenvalue weighted by Crippen LogP contribution is 2.23. The van der Waals surface area contributed by atoms with E-state index < -0.39 is 0 Å². The van der Waals surface area contributed by atoms with Gasteiger partial charge in [-0.15, -0.1) is 0 Å². The molecule has 18 heavy (non-hydrogen) atoms. The van der Waals surface area contributed by atoms with E-state index in [1.807, 2.05) is 0 Å². The number of carbonyl (C=O) groups excluding carboxylic acids is 1. The highest BCUT2D eigenvalue weighted by Gasteiger charge is 2.25. The number of phenolic OH excluding ortho intramolecular Hbond substituents is 1. The van der Waals surface area contributed by atoms with E-state index in [-0.39, 0.29) is 23.3 Å². The van der Waals surface area contributed by atoms with Gasteiger partial charge in [-0.25, -0.2) is 0 Å². The Morgan fingerprint density at radius 2 is 2.39 bits per heavy atom. The van der Waals surface area contributed by atoms with Gasteiger partial charge in [0, 0.05) is 24.7 Å². The van der Waals surface area contributed by atoms with Gasteiger partial charge in [-0.3, -0.25) is 4.79 Å². The fourth-order valence-electron chi connectivity index (χ4n) is 1.90. The fourth-order valence-corrected chi connectivity index (χ4v) is 2.07. The lowest BCUT2D eigenvalue weighted by molar-refractivity contribution is -0.0168. The van der Waals surface area contributed by atoms with Crippen LogP contribution in [-0.4, -0.2) is 48.3 Å². The van der Waals surface area contributed by atoms with Gasteiger partial charge >= 0.3 is 0 Å². The molecule has 0 spiro atoms. The van der Waals surface area contributed by atoms with Crippen molar-refractivity contribution in [1.82, 2.24) is 4.90 Å². The number of halogens is 1. The first-order valence-electron chi connectivity index (χ1n) is 5.71. The van der Waals surface area contributed by atoms with Crippen LogP contribution in [0.4, 0.5) is 0 Å². The van der Waals surface area contributed by atoms with E-state index >= 15 is 0 Å². The van der Waals surface area contributed by atoms with E-state index in [9.17, 15) is 9.90 Å². The van der Waals surface area contributed by atoms with Crippen LogP contribution in [0.5, 0.6) is 5.75 Å². The van der Waals surface area contributed by atoms with E-state index in [0.717, 1.165) is 0 Å². The molecular formula is C12H15ClN2O3. The molecular weight excluding hydrogens is 256 g/mol. The van der Waals surface area contributed by atoms with Crippen molar-refractivity contribution in [3.8, 4) is 5.75 Å². The second-order valence-corrected chi connectivity index (χ2v) is 4.58. The van der Waals surface area contributed by atoms with Crippen molar-refractivity contribution in [3.63, 3.8) is 0 Å². The molecule has 1 atom stereocenters. The Labute approximate surface area is 110 Å². The molecule has 1 amide bonds. The van der Waals surface area contributed by atoms with Gasteiger partial charge in [0.2, 0.25) is 0 Å². The van der Waals surface area contributed by atoms with Gasteiger partial charge < -0.3 is 20.5 Å². The zero-order valence-electron chi connectivity index (χ0n) is 9.80. The highest BCUT2D eigenvalue weighted by molar-refractivity contribution is 6.31. The molecule has 1 aromatic rings. The lowest BCUT2D eigenvalue weighted by Gasteiger charge is -2.32. The molecule has 1 saturated heterocycles. The largest absolute Gasteiger partial charge is 0.507 e. The Morgan fingerprint density at radius 1 is 1.61 bits per heavy atom. The van der Waals surface area contributed by atoms with Crippen molar-refractivity contribution < 1.29 is 14.6 Å². The minimum absolute atomic E-state index is 0.0693. The number of benzene rings is 1. The number of morpholine rings is 1. The molecule has 98 valence electrons. The summed E-state index contributed by atoms with van der Waals surface area (Å²) >= 11 is 5.83. The van der Waals surface area contributed by atoms with Crippen molar-refractivity contribution in [2.75, 3.05) is 26.2 Å². The molecule has 5 nitrogen and oxygen atoms in total. The monoisotopic (exact) mass is 270 g/mol. The third kappa shape index (κ3) is 2.75. The number of amides is 1. The number of hydrogen-bond acceptors (Lipinski definition) is 4. The number of nitrogens with two attached hydrogens (primary N) is 1. The quantitative estimate of drug-likeness (QED) is 0.835. The highest BCUT2D eigenvalue weighted by atomic mass is 35.5. The van der Waals surface area contributed by atoms with E-state index in [4.69, 9.17) is 22.1 Å². The predicted molar refractivity (Wildman–Crippen MR) is 67.8 cm³/mol. The number of carbonyl (C=O) groups is 1. The van der Waals surface area contributed by atoms with Crippen molar-refractivity contribution >= 4 is 17.5 Å². The summed E-state index contributed by atoms with van der Waals surface area (Å²) in [5, 5.41) is 10.1. The Hall–Kier alpha value is -1.30. The van der Waals surface area contributed by atoms with Crippen molar-refractivity contribution in [2.45, 2.75) is 6.10 Å². The van der Waals surface area contributed by atoms with Crippen LogP contribution in [0.25, 0.3) is 0 Å². The van der Waals surface area contributed by atoms with E-state index in [1.165, 1.54) is 18.2 Å². The molecule has 0 bridgehead atoms. The first-order chi connectivity index (χ1) is 8.61. The van der Waals surface area contributed by atoms with Gasteiger partial charge in [0.1, 0.15) is 5.75 Å². The van der Waals surface area contributed by atoms with Crippen LogP contribution in [0.1, 0.15) is 10.4 Å². The zero-order valence-corrected chi connectivity index (χ0v) is 10.6. The van der Waals surface area contributed by atoms with Crippen molar-refractivity contribution in [3.05, 3.63) is 28.8 Å². The first kappa shape index (κ1) is 13.1. The third-order valence-electron chi connectivity index (χ3n) is 2.88. The summed E-state index contributed by atoms with van der Waals surface area (Å²) in [5.41, 5.74) is 5.73. The lowest BCUT2D eigenvalue weighted by Crippen LogP contribution is -2.48. The molecule has 0 aliphatic carbocycles. The summed E-state index contributed by atoms with van der Waals surface area (Å²) in [7, 11) is 0. The average molecular weight is 271 g/mol. The molecule has 1 heterocycles. The first-order valence-corrected chi connectivity index (χ1v) is 6.09. The molecule has 0 radical (unpaired) electrons. The van der Waals surface area contributed by atoms with Crippen LogP contribution < -0.4 is 5.73 Å². The Morgan fingerprint density at radius 3 is 3.11 bits per heavy atom. The Bertz CT molecular complexity index is 453. The molecule has 6 heteroatoms. The van der Waals surface area contributed by atoms with E-state index in [0.29, 0.717) is 31.3 Å². The Balaban J connectivity index is 2.17. The van der Waals surface area contributed by atoms with Crippen molar-refractivity contribution in [2.24, 2.45) is 5.73 Å². The summed E-state index contributed by atoms with van der Waals surface area (Å²) in [6.07, 6.45) is -0.149. The molecule has 1 aliphatic rings. The maximum Gasteiger partial charge on any atom is 0.257 e. The third-order valence-corrected chi connectivity index (χ3v) is 3.11. The molecule has 0 aromatic heterocycles. The minimum atomic E-state index is -0.253. The number of phenols is 1. The summed E-state index contributed by atoms with van der Waals surface area (Å²) in [6, 6.07) is 4.41. The van der Waals surface area contributed by atoms with Crippen LogP contribution >= 0.6 is 11.6 Å². The lowest BCUT2D eigenvalue weighted by atomic mass is 10.1. The van der Waals surface area contributed by atoms with Gasteiger partial charge in [0.15, 0.2) is 0 Å². The molecule has 1 fully saturated rings. The standard InChI is InChI=1S/C12H15ClN2O3/c13-8-1-2-11(16)10(5-8)12(17)15-3-4-18-9(6-14)7-15/h1-2,5,9,16H,3-4,6-7,14H2. The fraction of sp³-hybridized carbons (Fsp3) is 0.417. The van der Waals surface area contributed by atoms with Gasteiger partial charge in [-0.1, -0.05) is 11.6 Å². The van der Waals surface area contributed by atoms with Crippen LogP contribution in [-0.2, 0) is 4.74 Å². The number of nitrogens with zero attached hydrogens (tertiary/aromatic N) is 1. The van der Waals surface area contributed by atoms with Gasteiger partial charge in [0.25, 0.3) is 5.91 Å². The minimum Gasteiger partial charge on any atom is -0.507 e. The zero-order chi connectivity index (χ0) is 13.1. The molecule has 0 saturated carbocycles. The molecule has 3 N–H and O–H groups in total. The summed E-state index contributed by atoms with van der Waals surface area (Å²) < 4.78 is 5.39. The van der Waals surface area contributed by atoms with Crippen LogP contribution in [0.3, 0.4) is 0 Å². The maximum atomic E-state index is 12.2. The topological polar surface area (TPSA) is 75.8 Å². The Kier molecular flexibility index (Phi) is 4.06. The second kappa shape index (κ2) is 5.56. The number of hydrogen-bond donors (Lipinski definition) is 2. The van der Waals surface area contributed by atoms with E-state index in [1.54, 1.807) is 4.90 Å². The van der Waals surface area contributed by atoms with Crippen molar-refractivity contribution in [1.29, 1.82) is 0 Å². The average Bonchev–Trinajstić information content (AvgIpc) is 2.41. The molecule has 2 rings (SSSR count). The van der Waals surface area contributed by atoms with Gasteiger partial charge in [0.05, 0.1) is 18.3 Å². The summed E-state index contributed by atoms with van der Waals surface area (Å²) in [4.78, 5) is 13.9. The SMILES string of the molecule is NCC1CN(C(=O)c2cc(Cl)ccc2O)CCO1. The number of rotatable bonds is 2. The van der Waals surface area contributed by atoms with Crippen LogP contribution in [0.2, 0.25) is 5.02 Å². The van der Waals surface area contributed by atoms with E-state index in [2.05, 4.69) is 0 Å². The van der Waals surface area contributed by atoms with Crippen LogP contribution in [0, 0.1) is 0 Å². The van der Waals surface area contributed by atoms with Crippen LogP contribution in [0.15, 0.2) is 18.2 Å². The smallest absolute Gasteiger partial charge is 0.257 e. The molecule has 1 unspecified atom stereocenters. The second-order valence-electron chi connectivity index (χ2n) is 4.14. The summed E-state index contributed by atoms with van der Waals surface area (Å²) in [5.74, 6) is -0.322. The predicted octanol–water partition coefficient (Wildman–Crippen LogP) is 0.845. The van der Waals surface area contributed by atoms with Gasteiger partial charge in [-0.05, 0) is 18.2 Å². The normalized spacial score (nSPS) is 19.9. The maximum absolute atomic E-state index is 12.2. The number of aromatic hydroxyl groups is 1. The molecule has 1 aromatic carbocycles. The van der Waals surface area contributed by atoms with Gasteiger partial charge in [-0.2, -0.15) is 0 Å².